The highest BCUT2D eigenvalue weighted by Gasteiger charge is 2.27. The van der Waals surface area contributed by atoms with Crippen LogP contribution in [-0.4, -0.2) is 0 Å². The Bertz CT molecular complexity index is 1100. The van der Waals surface area contributed by atoms with Crippen molar-refractivity contribution in [2.24, 2.45) is 0 Å². The van der Waals surface area contributed by atoms with Gasteiger partial charge in [0.25, 0.3) is 4.83 Å². The zero-order valence-electron chi connectivity index (χ0n) is 15.3. The Morgan fingerprint density at radius 3 is 2.37 bits per heavy atom. The Morgan fingerprint density at radius 1 is 0.889 bits per heavy atom. The summed E-state index contributed by atoms with van der Waals surface area (Å²) in [5, 5.41) is 1.27. The fraction of sp³-hybridized carbons (Fsp3) is 0.208. The van der Waals surface area contributed by atoms with Crippen LogP contribution in [0.1, 0.15) is 34.5 Å². The summed E-state index contributed by atoms with van der Waals surface area (Å²) in [6, 6.07) is 21.2. The Kier molecular flexibility index (Phi) is 4.17. The number of nitrogens with two attached hydrogens (primary N) is 1. The first-order valence-corrected chi connectivity index (χ1v) is 10.5. The van der Waals surface area contributed by atoms with Crippen molar-refractivity contribution >= 4 is 27.2 Å². The van der Waals surface area contributed by atoms with E-state index >= 15 is 0 Å². The van der Waals surface area contributed by atoms with Crippen molar-refractivity contribution in [1.29, 1.82) is 0 Å². The Hall–Kier alpha value is -2.65. The number of thiophene rings is 1. The smallest absolute Gasteiger partial charge is 0.270 e. The number of nitrogens with one attached hydrogen (secondary N) is 1. The molecule has 2 aromatic heterocycles. The second kappa shape index (κ2) is 6.82. The molecule has 0 atom stereocenters. The number of rotatable bonds is 3. The highest BCUT2D eigenvalue weighted by atomic mass is 32.1. The normalized spacial score (nSPS) is 13.6. The van der Waals surface area contributed by atoms with Crippen LogP contribution in [0.15, 0.2) is 60.7 Å². The number of aromatic amines is 1. The molecule has 0 saturated heterocycles. The summed E-state index contributed by atoms with van der Waals surface area (Å²) < 4.78 is 0. The number of aromatic nitrogens is 1. The minimum atomic E-state index is 0.855. The van der Waals surface area contributed by atoms with E-state index in [2.05, 4.69) is 65.6 Å². The van der Waals surface area contributed by atoms with Gasteiger partial charge in [0, 0.05) is 4.88 Å². The van der Waals surface area contributed by atoms with E-state index in [4.69, 9.17) is 5.73 Å². The number of nitrogen functional groups attached to an aromatic ring is 1. The lowest BCUT2D eigenvalue weighted by Crippen LogP contribution is -2.16. The van der Waals surface area contributed by atoms with Gasteiger partial charge in [-0.1, -0.05) is 72.0 Å². The third kappa shape index (κ3) is 2.92. The lowest BCUT2D eigenvalue weighted by atomic mass is 9.92. The number of anilines is 1. The van der Waals surface area contributed by atoms with E-state index in [9.17, 15) is 0 Å². The van der Waals surface area contributed by atoms with Gasteiger partial charge >= 0.3 is 0 Å². The van der Waals surface area contributed by atoms with Crippen LogP contribution in [0.3, 0.4) is 0 Å². The molecule has 2 aromatic carbocycles. The number of fused-ring (bicyclic) bond motifs is 3. The zero-order chi connectivity index (χ0) is 18.2. The molecular weight excluding hydrogens is 348 g/mol. The molecular formula is C24H23N2S+. The van der Waals surface area contributed by atoms with Crippen LogP contribution in [0.2, 0.25) is 0 Å². The molecule has 3 N–H and O–H groups in total. The second-order valence-electron chi connectivity index (χ2n) is 7.34. The molecule has 2 nitrogen and oxygen atoms in total. The van der Waals surface area contributed by atoms with Gasteiger partial charge in [-0.2, -0.15) is 4.98 Å². The monoisotopic (exact) mass is 371 g/mol. The van der Waals surface area contributed by atoms with Gasteiger partial charge in [0.05, 0.1) is 23.1 Å². The van der Waals surface area contributed by atoms with E-state index < -0.39 is 0 Å². The van der Waals surface area contributed by atoms with Gasteiger partial charge in [0.2, 0.25) is 0 Å². The summed E-state index contributed by atoms with van der Waals surface area (Å²) in [5.41, 5.74) is 14.1. The first kappa shape index (κ1) is 16.5. The van der Waals surface area contributed by atoms with Crippen LogP contribution >= 0.6 is 11.3 Å². The standard InChI is InChI=1S/C24H22N2S/c25-23-21(17-11-5-2-6-12-17)19(15-16-9-3-1-4-10-16)26-24-22(23)18-13-7-8-14-20(18)27-24/h1-6,9-12H,7-8,13-15H2,(H2,25,26)/p+1. The van der Waals surface area contributed by atoms with Crippen molar-refractivity contribution in [2.75, 3.05) is 5.73 Å². The molecule has 27 heavy (non-hydrogen) atoms. The summed E-state index contributed by atoms with van der Waals surface area (Å²) in [5.74, 6) is 0. The summed E-state index contributed by atoms with van der Waals surface area (Å²) in [6.07, 6.45) is 5.76. The van der Waals surface area contributed by atoms with Crippen LogP contribution in [0, 0.1) is 0 Å². The average Bonchev–Trinajstić information content (AvgIpc) is 3.08. The first-order chi connectivity index (χ1) is 13.3. The van der Waals surface area contributed by atoms with E-state index in [1.165, 1.54) is 56.7 Å². The van der Waals surface area contributed by atoms with Gasteiger partial charge in [-0.05, 0) is 42.4 Å². The maximum atomic E-state index is 6.86. The highest BCUT2D eigenvalue weighted by Crippen LogP contribution is 2.42. The molecule has 0 bridgehead atoms. The lowest BCUT2D eigenvalue weighted by Gasteiger charge is -2.13. The van der Waals surface area contributed by atoms with Crippen molar-refractivity contribution in [1.82, 2.24) is 0 Å². The zero-order valence-corrected chi connectivity index (χ0v) is 16.1. The number of aryl methyl sites for hydroxylation is 2. The molecule has 0 aliphatic heterocycles. The van der Waals surface area contributed by atoms with Gasteiger partial charge in [-0.25, -0.2) is 0 Å². The summed E-state index contributed by atoms with van der Waals surface area (Å²) in [7, 11) is 0. The Labute approximate surface area is 163 Å². The van der Waals surface area contributed by atoms with Gasteiger partial charge in [0.15, 0.2) is 5.69 Å². The predicted molar refractivity (Wildman–Crippen MR) is 114 cm³/mol. The molecule has 0 amide bonds. The van der Waals surface area contributed by atoms with Crippen LogP contribution in [-0.2, 0) is 19.3 Å². The SMILES string of the molecule is Nc1c(-c2ccccc2)c(Cc2ccccc2)[nH+]c2sc3c(c12)CCCC3. The topological polar surface area (TPSA) is 40.2 Å². The molecule has 1 aliphatic carbocycles. The third-order valence-electron chi connectivity index (χ3n) is 5.56. The Balaban J connectivity index is 1.77. The van der Waals surface area contributed by atoms with Gasteiger partial charge in [-0.15, -0.1) is 0 Å². The molecule has 0 saturated carbocycles. The highest BCUT2D eigenvalue weighted by molar-refractivity contribution is 7.18. The summed E-state index contributed by atoms with van der Waals surface area (Å²) in [6.45, 7) is 0. The minimum absolute atomic E-state index is 0.855. The summed E-state index contributed by atoms with van der Waals surface area (Å²) >= 11 is 1.91. The minimum Gasteiger partial charge on any atom is -0.397 e. The van der Waals surface area contributed by atoms with E-state index in [0.717, 1.165) is 24.1 Å². The Morgan fingerprint density at radius 2 is 1.59 bits per heavy atom. The molecule has 4 aromatic rings. The van der Waals surface area contributed by atoms with Crippen LogP contribution in [0.25, 0.3) is 21.3 Å². The third-order valence-corrected chi connectivity index (χ3v) is 6.77. The quantitative estimate of drug-likeness (QED) is 0.512. The molecule has 0 fully saturated rings. The molecule has 2 heterocycles. The molecule has 5 rings (SSSR count). The van der Waals surface area contributed by atoms with Gasteiger partial charge in [-0.3, -0.25) is 0 Å². The van der Waals surface area contributed by atoms with Crippen LogP contribution < -0.4 is 10.7 Å². The predicted octanol–water partition coefficient (Wildman–Crippen LogP) is 5.43. The maximum absolute atomic E-state index is 6.86. The van der Waals surface area contributed by atoms with E-state index in [1.54, 1.807) is 0 Å². The number of hydrogen-bond acceptors (Lipinski definition) is 2. The van der Waals surface area contributed by atoms with Crippen molar-refractivity contribution < 1.29 is 4.98 Å². The van der Waals surface area contributed by atoms with Crippen LogP contribution in [0.5, 0.6) is 0 Å². The summed E-state index contributed by atoms with van der Waals surface area (Å²) in [4.78, 5) is 6.54. The second-order valence-corrected chi connectivity index (χ2v) is 8.44. The van der Waals surface area contributed by atoms with Gasteiger partial charge in [0.1, 0.15) is 0 Å². The van der Waals surface area contributed by atoms with Crippen LogP contribution in [0.4, 0.5) is 5.69 Å². The number of benzene rings is 2. The molecule has 0 spiro atoms. The molecule has 0 radical (unpaired) electrons. The average molecular weight is 372 g/mol. The van der Waals surface area contributed by atoms with Crippen molar-refractivity contribution in [3.05, 3.63) is 82.4 Å². The fourth-order valence-corrected chi connectivity index (χ4v) is 5.62. The van der Waals surface area contributed by atoms with E-state index in [-0.39, 0.29) is 0 Å². The largest absolute Gasteiger partial charge is 0.397 e. The number of H-pyrrole nitrogens is 1. The molecule has 0 unspecified atom stereocenters. The van der Waals surface area contributed by atoms with Crippen molar-refractivity contribution in [3.8, 4) is 11.1 Å². The fourth-order valence-electron chi connectivity index (χ4n) is 4.29. The molecule has 3 heteroatoms. The number of pyridine rings is 1. The van der Waals surface area contributed by atoms with Crippen molar-refractivity contribution in [3.63, 3.8) is 0 Å². The molecule has 134 valence electrons. The maximum Gasteiger partial charge on any atom is 0.270 e. The lowest BCUT2D eigenvalue weighted by molar-refractivity contribution is -0.352. The van der Waals surface area contributed by atoms with E-state index in [0.29, 0.717) is 0 Å². The van der Waals surface area contributed by atoms with Gasteiger partial charge < -0.3 is 5.73 Å². The van der Waals surface area contributed by atoms with Crippen molar-refractivity contribution in [2.45, 2.75) is 32.1 Å². The van der Waals surface area contributed by atoms with E-state index in [1.807, 2.05) is 11.3 Å². The first-order valence-electron chi connectivity index (χ1n) is 9.68. The number of hydrogen-bond donors (Lipinski definition) is 1. The molecule has 1 aliphatic rings.